The molecule has 0 aliphatic heterocycles. The largest absolute Gasteiger partial charge is 0.399 e. The third-order valence-electron chi connectivity index (χ3n) is 3.09. The Bertz CT molecular complexity index is 521. The van der Waals surface area contributed by atoms with E-state index >= 15 is 0 Å². The van der Waals surface area contributed by atoms with Crippen LogP contribution in [-0.2, 0) is 6.42 Å². The second-order valence-corrected chi connectivity index (χ2v) is 4.71. The van der Waals surface area contributed by atoms with Crippen LogP contribution < -0.4 is 16.0 Å². The maximum atomic E-state index is 5.63. The number of nitrogens with two attached hydrogens (primary N) is 1. The second-order valence-electron chi connectivity index (χ2n) is 4.71. The Balaban J connectivity index is 0.000000204. The number of anilines is 3. The minimum absolute atomic E-state index is 0.903. The monoisotopic (exact) mass is 271 g/mol. The van der Waals surface area contributed by atoms with E-state index in [1.165, 1.54) is 11.3 Å². The molecule has 0 atom stereocenters. The summed E-state index contributed by atoms with van der Waals surface area (Å²) >= 11 is 0. The van der Waals surface area contributed by atoms with Gasteiger partial charge in [0.05, 0.1) is 11.4 Å². The van der Waals surface area contributed by atoms with Gasteiger partial charge in [0.15, 0.2) is 0 Å². The summed E-state index contributed by atoms with van der Waals surface area (Å²) in [6.07, 6.45) is 1.02. The fraction of sp³-hybridized carbons (Fsp3) is 0.294. The zero-order valence-corrected chi connectivity index (χ0v) is 12.9. The van der Waals surface area contributed by atoms with Crippen LogP contribution >= 0.6 is 0 Å². The lowest BCUT2D eigenvalue weighted by atomic mass is 10.1. The SMILES string of the molecule is CCc1ccccc1N.CNc1ccccc1N(C)C. The fourth-order valence-electron chi connectivity index (χ4n) is 1.93. The topological polar surface area (TPSA) is 41.3 Å². The van der Waals surface area contributed by atoms with Gasteiger partial charge >= 0.3 is 0 Å². The van der Waals surface area contributed by atoms with Gasteiger partial charge in [-0.3, -0.25) is 0 Å². The molecular formula is C17H25N3. The highest BCUT2D eigenvalue weighted by Gasteiger charge is 1.98. The van der Waals surface area contributed by atoms with E-state index in [0.29, 0.717) is 0 Å². The zero-order chi connectivity index (χ0) is 15.0. The standard InChI is InChI=1S/C9H14N2.C8H11N/c1-10-8-6-4-5-7-9(8)11(2)3;1-2-7-5-3-4-6-8(7)9/h4-7,10H,1-3H3;3-6H,2,9H2,1H3. The molecule has 0 saturated heterocycles. The second kappa shape index (κ2) is 8.10. The van der Waals surface area contributed by atoms with Crippen molar-refractivity contribution in [2.45, 2.75) is 13.3 Å². The highest BCUT2D eigenvalue weighted by Crippen LogP contribution is 2.22. The highest BCUT2D eigenvalue weighted by atomic mass is 15.1. The van der Waals surface area contributed by atoms with Crippen molar-refractivity contribution in [2.24, 2.45) is 0 Å². The first-order chi connectivity index (χ1) is 9.60. The molecular weight excluding hydrogens is 246 g/mol. The summed E-state index contributed by atoms with van der Waals surface area (Å²) in [7, 11) is 6.01. The normalized spacial score (nSPS) is 9.40. The van der Waals surface area contributed by atoms with Gasteiger partial charge in [0.1, 0.15) is 0 Å². The van der Waals surface area contributed by atoms with Gasteiger partial charge in [-0.05, 0) is 30.2 Å². The van der Waals surface area contributed by atoms with Gasteiger partial charge in [-0.25, -0.2) is 0 Å². The van der Waals surface area contributed by atoms with Crippen molar-refractivity contribution in [1.82, 2.24) is 0 Å². The lowest BCUT2D eigenvalue weighted by Gasteiger charge is -2.16. The van der Waals surface area contributed by atoms with E-state index in [-0.39, 0.29) is 0 Å². The van der Waals surface area contributed by atoms with Crippen LogP contribution in [0.2, 0.25) is 0 Å². The summed E-state index contributed by atoms with van der Waals surface area (Å²) in [6, 6.07) is 16.2. The molecule has 0 spiro atoms. The lowest BCUT2D eigenvalue weighted by Crippen LogP contribution is -2.10. The number of hydrogen-bond donors (Lipinski definition) is 2. The average Bonchev–Trinajstić information content (AvgIpc) is 2.48. The Kier molecular flexibility index (Phi) is 6.44. The Morgan fingerprint density at radius 1 is 1.00 bits per heavy atom. The minimum atomic E-state index is 0.903. The van der Waals surface area contributed by atoms with E-state index in [2.05, 4.69) is 35.3 Å². The molecule has 0 amide bonds. The van der Waals surface area contributed by atoms with Crippen molar-refractivity contribution in [3.63, 3.8) is 0 Å². The first-order valence-corrected chi connectivity index (χ1v) is 6.87. The Morgan fingerprint density at radius 3 is 2.05 bits per heavy atom. The van der Waals surface area contributed by atoms with Crippen molar-refractivity contribution in [3.05, 3.63) is 54.1 Å². The molecule has 20 heavy (non-hydrogen) atoms. The third kappa shape index (κ3) is 4.50. The summed E-state index contributed by atoms with van der Waals surface area (Å²) in [5.41, 5.74) is 10.1. The number of benzene rings is 2. The van der Waals surface area contributed by atoms with Crippen molar-refractivity contribution < 1.29 is 0 Å². The number of hydrogen-bond acceptors (Lipinski definition) is 3. The van der Waals surface area contributed by atoms with Gasteiger partial charge in [0, 0.05) is 26.8 Å². The van der Waals surface area contributed by atoms with E-state index in [4.69, 9.17) is 5.73 Å². The summed E-state index contributed by atoms with van der Waals surface area (Å²) in [5, 5.41) is 3.14. The molecule has 0 aliphatic rings. The van der Waals surface area contributed by atoms with Crippen LogP contribution in [0.4, 0.5) is 17.1 Å². The molecule has 2 rings (SSSR count). The predicted octanol–water partition coefficient (Wildman–Crippen LogP) is 3.63. The summed E-state index contributed by atoms with van der Waals surface area (Å²) in [5.74, 6) is 0. The quantitative estimate of drug-likeness (QED) is 0.838. The number of para-hydroxylation sites is 3. The first-order valence-electron chi connectivity index (χ1n) is 6.87. The van der Waals surface area contributed by atoms with Gasteiger partial charge in [-0.2, -0.15) is 0 Å². The molecule has 3 nitrogen and oxygen atoms in total. The van der Waals surface area contributed by atoms with Gasteiger partial charge < -0.3 is 16.0 Å². The molecule has 0 heterocycles. The van der Waals surface area contributed by atoms with Crippen LogP contribution in [0, 0.1) is 0 Å². The number of nitrogens with one attached hydrogen (secondary N) is 1. The summed E-state index contributed by atoms with van der Waals surface area (Å²) in [4.78, 5) is 2.09. The fourth-order valence-corrected chi connectivity index (χ4v) is 1.93. The molecule has 0 radical (unpaired) electrons. The molecule has 0 unspecified atom stereocenters. The molecule has 2 aromatic rings. The van der Waals surface area contributed by atoms with Gasteiger partial charge in [0.2, 0.25) is 0 Å². The predicted molar refractivity (Wildman–Crippen MR) is 90.5 cm³/mol. The lowest BCUT2D eigenvalue weighted by molar-refractivity contribution is 1.13. The molecule has 0 aliphatic carbocycles. The average molecular weight is 271 g/mol. The smallest absolute Gasteiger partial charge is 0.0596 e. The van der Waals surface area contributed by atoms with Crippen LogP contribution in [0.3, 0.4) is 0 Å². The van der Waals surface area contributed by atoms with Crippen molar-refractivity contribution in [2.75, 3.05) is 37.1 Å². The molecule has 2 aromatic carbocycles. The van der Waals surface area contributed by atoms with Gasteiger partial charge in [0.25, 0.3) is 0 Å². The molecule has 0 bridgehead atoms. The van der Waals surface area contributed by atoms with Crippen molar-refractivity contribution >= 4 is 17.1 Å². The Hall–Kier alpha value is -2.16. The molecule has 108 valence electrons. The van der Waals surface area contributed by atoms with Gasteiger partial charge in [-0.1, -0.05) is 37.3 Å². The van der Waals surface area contributed by atoms with Crippen LogP contribution in [0.15, 0.2) is 48.5 Å². The van der Waals surface area contributed by atoms with Gasteiger partial charge in [-0.15, -0.1) is 0 Å². The molecule has 0 saturated carbocycles. The van der Waals surface area contributed by atoms with Crippen LogP contribution in [-0.4, -0.2) is 21.1 Å². The maximum absolute atomic E-state index is 5.63. The van der Waals surface area contributed by atoms with E-state index in [0.717, 1.165) is 17.8 Å². The molecule has 3 heteroatoms. The first kappa shape index (κ1) is 15.9. The van der Waals surface area contributed by atoms with Crippen LogP contribution in [0.5, 0.6) is 0 Å². The van der Waals surface area contributed by atoms with Crippen molar-refractivity contribution in [3.8, 4) is 0 Å². The molecule has 0 aromatic heterocycles. The summed E-state index contributed by atoms with van der Waals surface area (Å²) in [6.45, 7) is 2.10. The van der Waals surface area contributed by atoms with E-state index < -0.39 is 0 Å². The molecule has 3 N–H and O–H groups in total. The van der Waals surface area contributed by atoms with E-state index in [1.807, 2.05) is 51.5 Å². The summed E-state index contributed by atoms with van der Waals surface area (Å²) < 4.78 is 0. The third-order valence-corrected chi connectivity index (χ3v) is 3.09. The Labute approximate surface area is 122 Å². The van der Waals surface area contributed by atoms with Crippen molar-refractivity contribution in [1.29, 1.82) is 0 Å². The van der Waals surface area contributed by atoms with E-state index in [9.17, 15) is 0 Å². The van der Waals surface area contributed by atoms with E-state index in [1.54, 1.807) is 0 Å². The molecule has 0 fully saturated rings. The van der Waals surface area contributed by atoms with Crippen LogP contribution in [0.25, 0.3) is 0 Å². The highest BCUT2D eigenvalue weighted by molar-refractivity contribution is 5.68. The number of nitrogens with zero attached hydrogens (tertiary/aromatic N) is 1. The number of nitrogen functional groups attached to an aromatic ring is 1. The zero-order valence-electron chi connectivity index (χ0n) is 12.9. The van der Waals surface area contributed by atoms with Crippen LogP contribution in [0.1, 0.15) is 12.5 Å². The Morgan fingerprint density at radius 2 is 1.60 bits per heavy atom. The maximum Gasteiger partial charge on any atom is 0.0596 e. The number of rotatable bonds is 3. The number of aryl methyl sites for hydroxylation is 1. The minimum Gasteiger partial charge on any atom is -0.399 e.